The summed E-state index contributed by atoms with van der Waals surface area (Å²) < 4.78 is 0.926. The molecule has 0 saturated heterocycles. The van der Waals surface area contributed by atoms with Gasteiger partial charge in [-0.2, -0.15) is 0 Å². The quantitative estimate of drug-likeness (QED) is 0.494. The molecule has 0 fully saturated rings. The van der Waals surface area contributed by atoms with Gasteiger partial charge in [0, 0.05) is 10.1 Å². The van der Waals surface area contributed by atoms with Crippen molar-refractivity contribution in [3.8, 4) is 0 Å². The first-order valence-electron chi connectivity index (χ1n) is 8.36. The van der Waals surface area contributed by atoms with Crippen molar-refractivity contribution in [3.05, 3.63) is 82.2 Å². The van der Waals surface area contributed by atoms with E-state index in [-0.39, 0.29) is 12.3 Å². The molecule has 1 heterocycles. The Hall–Kier alpha value is -2.89. The lowest BCUT2D eigenvalue weighted by Crippen LogP contribution is -2.42. The van der Waals surface area contributed by atoms with E-state index in [1.165, 1.54) is 11.3 Å². The summed E-state index contributed by atoms with van der Waals surface area (Å²) >= 11 is 7.59. The van der Waals surface area contributed by atoms with Crippen LogP contribution in [0.1, 0.15) is 15.2 Å². The summed E-state index contributed by atoms with van der Waals surface area (Å²) in [5.41, 5.74) is 5.83. The third kappa shape index (κ3) is 3.52. The third-order valence-corrected chi connectivity index (χ3v) is 5.96. The Labute approximate surface area is 164 Å². The fraction of sp³-hybridized carbons (Fsp3) is 0.0476. The van der Waals surface area contributed by atoms with Gasteiger partial charge in [-0.3, -0.25) is 20.4 Å². The van der Waals surface area contributed by atoms with Gasteiger partial charge in [0.2, 0.25) is 5.91 Å². The van der Waals surface area contributed by atoms with Gasteiger partial charge in [0.05, 0.1) is 11.4 Å². The number of fused-ring (bicyclic) bond motifs is 2. The first kappa shape index (κ1) is 17.5. The van der Waals surface area contributed by atoms with Crippen LogP contribution in [0, 0.1) is 0 Å². The fourth-order valence-electron chi connectivity index (χ4n) is 3.01. The van der Waals surface area contributed by atoms with Crippen LogP contribution in [0.4, 0.5) is 0 Å². The molecule has 4 rings (SSSR count). The first-order valence-corrected chi connectivity index (χ1v) is 9.56. The van der Waals surface area contributed by atoms with Crippen molar-refractivity contribution >= 4 is 55.6 Å². The number of amides is 2. The molecule has 0 aliphatic carbocycles. The van der Waals surface area contributed by atoms with Crippen molar-refractivity contribution in [3.63, 3.8) is 0 Å². The summed E-state index contributed by atoms with van der Waals surface area (Å²) in [5.74, 6) is -0.718. The minimum atomic E-state index is -0.424. The highest BCUT2D eigenvalue weighted by Gasteiger charge is 2.17. The van der Waals surface area contributed by atoms with E-state index < -0.39 is 5.91 Å². The van der Waals surface area contributed by atoms with E-state index >= 15 is 0 Å². The van der Waals surface area contributed by atoms with Gasteiger partial charge in [-0.15, -0.1) is 11.3 Å². The van der Waals surface area contributed by atoms with Crippen LogP contribution in [0.5, 0.6) is 0 Å². The van der Waals surface area contributed by atoms with E-state index in [9.17, 15) is 9.59 Å². The molecule has 27 heavy (non-hydrogen) atoms. The number of thiophene rings is 1. The second kappa shape index (κ2) is 7.39. The molecule has 134 valence electrons. The summed E-state index contributed by atoms with van der Waals surface area (Å²) in [6.45, 7) is 0. The molecular formula is C21H15ClN2O2S. The Morgan fingerprint density at radius 3 is 2.37 bits per heavy atom. The predicted molar refractivity (Wildman–Crippen MR) is 110 cm³/mol. The highest BCUT2D eigenvalue weighted by molar-refractivity contribution is 7.21. The van der Waals surface area contributed by atoms with Crippen molar-refractivity contribution in [1.29, 1.82) is 0 Å². The summed E-state index contributed by atoms with van der Waals surface area (Å²) in [6, 6.07) is 21.2. The fourth-order valence-corrected chi connectivity index (χ4v) is 4.42. The second-order valence-electron chi connectivity index (χ2n) is 6.06. The number of benzene rings is 3. The number of carbonyl (C=O) groups excluding carboxylic acids is 2. The molecule has 4 nitrogen and oxygen atoms in total. The van der Waals surface area contributed by atoms with Crippen LogP contribution in [0.15, 0.2) is 66.7 Å². The minimum Gasteiger partial charge on any atom is -0.273 e. The van der Waals surface area contributed by atoms with Crippen LogP contribution < -0.4 is 10.9 Å². The van der Waals surface area contributed by atoms with E-state index in [1.807, 2.05) is 66.7 Å². The minimum absolute atomic E-state index is 0.168. The van der Waals surface area contributed by atoms with Gasteiger partial charge < -0.3 is 0 Å². The number of nitrogens with one attached hydrogen (secondary N) is 2. The zero-order chi connectivity index (χ0) is 18.8. The van der Waals surface area contributed by atoms with Gasteiger partial charge in [0.15, 0.2) is 0 Å². The molecule has 0 spiro atoms. The number of hydrogen-bond acceptors (Lipinski definition) is 3. The summed E-state index contributed by atoms with van der Waals surface area (Å²) in [6.07, 6.45) is 0.168. The SMILES string of the molecule is O=C(Cc1cccc2ccccc12)NNC(=O)c1sc2ccccc2c1Cl. The van der Waals surface area contributed by atoms with Crippen molar-refractivity contribution < 1.29 is 9.59 Å². The van der Waals surface area contributed by atoms with Crippen LogP contribution in [0.25, 0.3) is 20.9 Å². The maximum atomic E-state index is 12.4. The van der Waals surface area contributed by atoms with E-state index in [2.05, 4.69) is 10.9 Å². The molecule has 6 heteroatoms. The van der Waals surface area contributed by atoms with Crippen molar-refractivity contribution in [1.82, 2.24) is 10.9 Å². The van der Waals surface area contributed by atoms with Gasteiger partial charge in [-0.25, -0.2) is 0 Å². The first-order chi connectivity index (χ1) is 13.1. The number of hydrogen-bond donors (Lipinski definition) is 2. The molecule has 0 radical (unpaired) electrons. The smallest absolute Gasteiger partial charge is 0.273 e. The Kier molecular flexibility index (Phi) is 4.79. The second-order valence-corrected chi connectivity index (χ2v) is 7.49. The molecule has 0 bridgehead atoms. The van der Waals surface area contributed by atoms with Gasteiger partial charge in [0.1, 0.15) is 4.88 Å². The summed E-state index contributed by atoms with van der Waals surface area (Å²) in [4.78, 5) is 25.1. The number of halogens is 1. The van der Waals surface area contributed by atoms with Crippen LogP contribution in [-0.2, 0) is 11.2 Å². The van der Waals surface area contributed by atoms with Crippen LogP contribution in [-0.4, -0.2) is 11.8 Å². The van der Waals surface area contributed by atoms with E-state index in [0.29, 0.717) is 9.90 Å². The molecule has 1 aromatic heterocycles. The van der Waals surface area contributed by atoms with Gasteiger partial charge in [-0.05, 0) is 22.4 Å². The van der Waals surface area contributed by atoms with Crippen LogP contribution in [0.2, 0.25) is 5.02 Å². The highest BCUT2D eigenvalue weighted by Crippen LogP contribution is 2.34. The maximum Gasteiger partial charge on any atom is 0.281 e. The lowest BCUT2D eigenvalue weighted by atomic mass is 10.0. The molecule has 4 aromatic rings. The molecule has 0 atom stereocenters. The number of hydrazine groups is 1. The monoisotopic (exact) mass is 394 g/mol. The predicted octanol–water partition coefficient (Wildman–Crippen LogP) is 4.71. The average molecular weight is 395 g/mol. The molecule has 2 amide bonds. The van der Waals surface area contributed by atoms with E-state index in [0.717, 1.165) is 26.4 Å². The Morgan fingerprint density at radius 2 is 1.56 bits per heavy atom. The molecule has 2 N–H and O–H groups in total. The Morgan fingerprint density at radius 1 is 0.852 bits per heavy atom. The normalized spacial score (nSPS) is 10.9. The molecular weight excluding hydrogens is 380 g/mol. The standard InChI is InChI=1S/C21H15ClN2O2S/c22-19-16-10-3-4-11-17(16)27-20(19)21(26)24-23-18(25)12-14-8-5-7-13-6-1-2-9-15(13)14/h1-11H,12H2,(H,23,25)(H,24,26). The Bertz CT molecular complexity index is 1160. The lowest BCUT2D eigenvalue weighted by Gasteiger charge is -2.09. The third-order valence-electron chi connectivity index (χ3n) is 4.29. The van der Waals surface area contributed by atoms with Crippen LogP contribution >= 0.6 is 22.9 Å². The molecule has 0 saturated carbocycles. The zero-order valence-corrected chi connectivity index (χ0v) is 15.7. The average Bonchev–Trinajstić information content (AvgIpc) is 3.03. The maximum absolute atomic E-state index is 12.4. The molecule has 0 unspecified atom stereocenters. The summed E-state index contributed by atoms with van der Waals surface area (Å²) in [7, 11) is 0. The molecule has 3 aromatic carbocycles. The zero-order valence-electron chi connectivity index (χ0n) is 14.2. The van der Waals surface area contributed by atoms with Crippen molar-refractivity contribution in [2.24, 2.45) is 0 Å². The Balaban J connectivity index is 1.45. The molecule has 0 aliphatic heterocycles. The van der Waals surface area contributed by atoms with Crippen molar-refractivity contribution in [2.45, 2.75) is 6.42 Å². The van der Waals surface area contributed by atoms with Crippen LogP contribution in [0.3, 0.4) is 0 Å². The highest BCUT2D eigenvalue weighted by atomic mass is 35.5. The molecule has 0 aliphatic rings. The number of rotatable bonds is 3. The lowest BCUT2D eigenvalue weighted by molar-refractivity contribution is -0.121. The van der Waals surface area contributed by atoms with Gasteiger partial charge in [0.25, 0.3) is 5.91 Å². The number of carbonyl (C=O) groups is 2. The largest absolute Gasteiger partial charge is 0.281 e. The van der Waals surface area contributed by atoms with E-state index in [4.69, 9.17) is 11.6 Å². The topological polar surface area (TPSA) is 58.2 Å². The van der Waals surface area contributed by atoms with E-state index in [1.54, 1.807) is 0 Å². The van der Waals surface area contributed by atoms with Gasteiger partial charge in [-0.1, -0.05) is 72.3 Å². The summed E-state index contributed by atoms with van der Waals surface area (Å²) in [5, 5.41) is 3.32. The van der Waals surface area contributed by atoms with Gasteiger partial charge >= 0.3 is 0 Å². The van der Waals surface area contributed by atoms with Crippen molar-refractivity contribution in [2.75, 3.05) is 0 Å².